The van der Waals surface area contributed by atoms with Crippen LogP contribution in [0.2, 0.25) is 0 Å². The molecule has 1 saturated carbocycles. The molecule has 1 aliphatic carbocycles. The molecule has 2 aromatic rings. The van der Waals surface area contributed by atoms with Crippen LogP contribution in [-0.2, 0) is 0 Å². The Morgan fingerprint density at radius 2 is 2.24 bits per heavy atom. The summed E-state index contributed by atoms with van der Waals surface area (Å²) in [7, 11) is 0. The van der Waals surface area contributed by atoms with Crippen LogP contribution in [0, 0.1) is 0 Å². The standard InChI is InChI=1S/C13H15N3O/c1-8(14)13-15-12(16-17-13)11-4-2-3-10(7-11)9-5-6-9/h2-4,7-9H,5-6,14H2,1H3/t8-/m0/s1. The van der Waals surface area contributed by atoms with E-state index in [4.69, 9.17) is 10.3 Å². The lowest BCUT2D eigenvalue weighted by atomic mass is 10.1. The SMILES string of the molecule is C[C@H](N)c1nc(-c2cccc(C3CC3)c2)no1. The highest BCUT2D eigenvalue weighted by atomic mass is 16.5. The number of hydrogen-bond acceptors (Lipinski definition) is 4. The number of rotatable bonds is 3. The summed E-state index contributed by atoms with van der Waals surface area (Å²) in [6, 6.07) is 8.14. The molecule has 0 saturated heterocycles. The summed E-state index contributed by atoms with van der Waals surface area (Å²) in [4.78, 5) is 4.30. The van der Waals surface area contributed by atoms with Gasteiger partial charge in [-0.25, -0.2) is 0 Å². The van der Waals surface area contributed by atoms with Crippen LogP contribution in [0.15, 0.2) is 28.8 Å². The van der Waals surface area contributed by atoms with Gasteiger partial charge in [-0.15, -0.1) is 0 Å². The monoisotopic (exact) mass is 229 g/mol. The predicted octanol–water partition coefficient (Wildman–Crippen LogP) is 2.63. The molecule has 0 unspecified atom stereocenters. The molecular weight excluding hydrogens is 214 g/mol. The van der Waals surface area contributed by atoms with Crippen LogP contribution in [0.1, 0.15) is 43.2 Å². The van der Waals surface area contributed by atoms with Crippen molar-refractivity contribution in [1.82, 2.24) is 10.1 Å². The first-order chi connectivity index (χ1) is 8.24. The van der Waals surface area contributed by atoms with Crippen LogP contribution in [-0.4, -0.2) is 10.1 Å². The summed E-state index contributed by atoms with van der Waals surface area (Å²) in [6.45, 7) is 1.83. The molecule has 0 bridgehead atoms. The van der Waals surface area contributed by atoms with Crippen LogP contribution < -0.4 is 5.73 Å². The number of aromatic nitrogens is 2. The molecule has 0 spiro atoms. The van der Waals surface area contributed by atoms with Crippen LogP contribution in [0.5, 0.6) is 0 Å². The third-order valence-electron chi connectivity index (χ3n) is 3.02. The molecule has 17 heavy (non-hydrogen) atoms. The topological polar surface area (TPSA) is 64.9 Å². The second-order valence-corrected chi connectivity index (χ2v) is 4.64. The summed E-state index contributed by atoms with van der Waals surface area (Å²) >= 11 is 0. The molecule has 1 aliphatic rings. The Labute approximate surface area is 99.8 Å². The first-order valence-electron chi connectivity index (χ1n) is 5.93. The lowest BCUT2D eigenvalue weighted by Gasteiger charge is -1.99. The van der Waals surface area contributed by atoms with E-state index in [1.807, 2.05) is 19.1 Å². The Kier molecular flexibility index (Phi) is 2.44. The van der Waals surface area contributed by atoms with Gasteiger partial charge in [-0.3, -0.25) is 0 Å². The number of benzene rings is 1. The van der Waals surface area contributed by atoms with E-state index in [1.54, 1.807) is 0 Å². The molecule has 2 N–H and O–H groups in total. The Bertz CT molecular complexity index is 529. The predicted molar refractivity (Wildman–Crippen MR) is 64.3 cm³/mol. The van der Waals surface area contributed by atoms with Crippen molar-refractivity contribution in [1.29, 1.82) is 0 Å². The highest BCUT2D eigenvalue weighted by Crippen LogP contribution is 2.40. The molecule has 0 radical (unpaired) electrons. The number of nitrogens with zero attached hydrogens (tertiary/aromatic N) is 2. The fourth-order valence-electron chi connectivity index (χ4n) is 1.89. The second kappa shape index (κ2) is 3.96. The molecule has 88 valence electrons. The number of nitrogens with two attached hydrogens (primary N) is 1. The van der Waals surface area contributed by atoms with E-state index in [1.165, 1.54) is 18.4 Å². The van der Waals surface area contributed by atoms with Crippen molar-refractivity contribution >= 4 is 0 Å². The average molecular weight is 229 g/mol. The highest BCUT2D eigenvalue weighted by Gasteiger charge is 2.24. The zero-order chi connectivity index (χ0) is 11.8. The van der Waals surface area contributed by atoms with Gasteiger partial charge >= 0.3 is 0 Å². The van der Waals surface area contributed by atoms with Gasteiger partial charge in [-0.2, -0.15) is 4.98 Å². The molecule has 4 heteroatoms. The van der Waals surface area contributed by atoms with E-state index in [0.29, 0.717) is 11.7 Å². The number of hydrogen-bond donors (Lipinski definition) is 1. The average Bonchev–Trinajstić information content (AvgIpc) is 3.06. The second-order valence-electron chi connectivity index (χ2n) is 4.64. The molecule has 1 heterocycles. The third-order valence-corrected chi connectivity index (χ3v) is 3.02. The molecule has 3 rings (SSSR count). The van der Waals surface area contributed by atoms with E-state index in [2.05, 4.69) is 22.3 Å². The van der Waals surface area contributed by atoms with Crippen molar-refractivity contribution < 1.29 is 4.52 Å². The molecule has 4 nitrogen and oxygen atoms in total. The summed E-state index contributed by atoms with van der Waals surface area (Å²) in [6.07, 6.45) is 2.58. The van der Waals surface area contributed by atoms with Gasteiger partial charge in [0.05, 0.1) is 6.04 Å². The van der Waals surface area contributed by atoms with Crippen molar-refractivity contribution in [3.63, 3.8) is 0 Å². The van der Waals surface area contributed by atoms with Gasteiger partial charge in [-0.05, 0) is 37.3 Å². The smallest absolute Gasteiger partial charge is 0.243 e. The van der Waals surface area contributed by atoms with E-state index >= 15 is 0 Å². The van der Waals surface area contributed by atoms with Crippen molar-refractivity contribution in [2.24, 2.45) is 5.73 Å². The third kappa shape index (κ3) is 2.08. The zero-order valence-corrected chi connectivity index (χ0v) is 9.76. The van der Waals surface area contributed by atoms with Gasteiger partial charge in [0, 0.05) is 5.56 Å². The Hall–Kier alpha value is -1.68. The largest absolute Gasteiger partial charge is 0.337 e. The van der Waals surface area contributed by atoms with E-state index in [-0.39, 0.29) is 6.04 Å². The summed E-state index contributed by atoms with van der Waals surface area (Å²) in [5.41, 5.74) is 8.07. The van der Waals surface area contributed by atoms with Crippen molar-refractivity contribution in [3.8, 4) is 11.4 Å². The van der Waals surface area contributed by atoms with Crippen LogP contribution in [0.4, 0.5) is 0 Å². The summed E-state index contributed by atoms with van der Waals surface area (Å²) in [5, 5.41) is 3.96. The van der Waals surface area contributed by atoms with Crippen LogP contribution in [0.25, 0.3) is 11.4 Å². The van der Waals surface area contributed by atoms with Gasteiger partial charge in [0.25, 0.3) is 0 Å². The molecule has 1 fully saturated rings. The molecular formula is C13H15N3O. The van der Waals surface area contributed by atoms with Crippen LogP contribution >= 0.6 is 0 Å². The van der Waals surface area contributed by atoms with Crippen molar-refractivity contribution in [2.45, 2.75) is 31.7 Å². The van der Waals surface area contributed by atoms with Gasteiger partial charge in [-0.1, -0.05) is 23.4 Å². The van der Waals surface area contributed by atoms with Gasteiger partial charge in [0.15, 0.2) is 0 Å². The van der Waals surface area contributed by atoms with E-state index in [9.17, 15) is 0 Å². The lowest BCUT2D eigenvalue weighted by Crippen LogP contribution is -2.04. The Balaban J connectivity index is 1.93. The Morgan fingerprint density at radius 3 is 2.88 bits per heavy atom. The molecule has 0 amide bonds. The fraction of sp³-hybridized carbons (Fsp3) is 0.385. The van der Waals surface area contributed by atoms with E-state index < -0.39 is 0 Å². The summed E-state index contributed by atoms with van der Waals surface area (Å²) in [5.74, 6) is 1.84. The molecule has 1 aromatic heterocycles. The van der Waals surface area contributed by atoms with Crippen molar-refractivity contribution in [2.75, 3.05) is 0 Å². The first kappa shape index (κ1) is 10.5. The summed E-state index contributed by atoms with van der Waals surface area (Å²) < 4.78 is 5.11. The quantitative estimate of drug-likeness (QED) is 0.878. The van der Waals surface area contributed by atoms with E-state index in [0.717, 1.165) is 11.5 Å². The van der Waals surface area contributed by atoms with Gasteiger partial charge in [0.1, 0.15) is 0 Å². The maximum absolute atomic E-state index is 5.70. The fourth-order valence-corrected chi connectivity index (χ4v) is 1.89. The minimum absolute atomic E-state index is 0.220. The minimum atomic E-state index is -0.220. The normalized spacial score (nSPS) is 17.1. The van der Waals surface area contributed by atoms with Gasteiger partial charge in [0.2, 0.25) is 11.7 Å². The van der Waals surface area contributed by atoms with Crippen LogP contribution in [0.3, 0.4) is 0 Å². The molecule has 1 atom stereocenters. The zero-order valence-electron chi connectivity index (χ0n) is 9.76. The Morgan fingerprint density at radius 1 is 1.41 bits per heavy atom. The van der Waals surface area contributed by atoms with Crippen molar-refractivity contribution in [3.05, 3.63) is 35.7 Å². The highest BCUT2D eigenvalue weighted by molar-refractivity contribution is 5.56. The first-order valence-corrected chi connectivity index (χ1v) is 5.93. The molecule has 1 aromatic carbocycles. The molecule has 0 aliphatic heterocycles. The van der Waals surface area contributed by atoms with Gasteiger partial charge < -0.3 is 10.3 Å². The minimum Gasteiger partial charge on any atom is -0.337 e. The maximum atomic E-state index is 5.70. The maximum Gasteiger partial charge on any atom is 0.243 e. The lowest BCUT2D eigenvalue weighted by molar-refractivity contribution is 0.362.